The van der Waals surface area contributed by atoms with E-state index in [9.17, 15) is 9.59 Å². The molecule has 1 aromatic carbocycles. The predicted molar refractivity (Wildman–Crippen MR) is 93.7 cm³/mol. The van der Waals surface area contributed by atoms with E-state index in [2.05, 4.69) is 5.32 Å². The first-order chi connectivity index (χ1) is 11.7. The SMILES string of the molecule is C[C@H]1C[C@@H](Oc2ccc3c(c2)CNC3=O)CCN1C(=O)OC(C)(C)C. The van der Waals surface area contributed by atoms with Gasteiger partial charge in [0.1, 0.15) is 17.5 Å². The number of rotatable bonds is 2. The van der Waals surface area contributed by atoms with Gasteiger partial charge in [-0.25, -0.2) is 4.79 Å². The molecule has 6 nitrogen and oxygen atoms in total. The van der Waals surface area contributed by atoms with Crippen LogP contribution in [0.1, 0.15) is 56.5 Å². The Labute approximate surface area is 148 Å². The number of benzene rings is 1. The van der Waals surface area contributed by atoms with Gasteiger partial charge in [0.25, 0.3) is 5.91 Å². The molecular weight excluding hydrogens is 320 g/mol. The van der Waals surface area contributed by atoms with Crippen LogP contribution in [0.3, 0.4) is 0 Å². The van der Waals surface area contributed by atoms with Gasteiger partial charge in [0, 0.05) is 37.5 Å². The molecule has 6 heteroatoms. The quantitative estimate of drug-likeness (QED) is 0.893. The van der Waals surface area contributed by atoms with Gasteiger partial charge in [-0.1, -0.05) is 0 Å². The maximum atomic E-state index is 12.3. The van der Waals surface area contributed by atoms with Crippen molar-refractivity contribution < 1.29 is 19.1 Å². The molecule has 0 aromatic heterocycles. The van der Waals surface area contributed by atoms with Crippen LogP contribution >= 0.6 is 0 Å². The highest BCUT2D eigenvalue weighted by Crippen LogP contribution is 2.27. The second-order valence-corrected chi connectivity index (χ2v) is 7.79. The Morgan fingerprint density at radius 1 is 1.32 bits per heavy atom. The topological polar surface area (TPSA) is 67.9 Å². The Morgan fingerprint density at radius 2 is 2.08 bits per heavy atom. The molecule has 0 saturated carbocycles. The first-order valence-electron chi connectivity index (χ1n) is 8.80. The molecule has 2 aliphatic rings. The van der Waals surface area contributed by atoms with Gasteiger partial charge in [-0.05, 0) is 51.5 Å². The van der Waals surface area contributed by atoms with Gasteiger partial charge < -0.3 is 19.7 Å². The van der Waals surface area contributed by atoms with E-state index in [-0.39, 0.29) is 24.1 Å². The second kappa shape index (κ2) is 6.58. The number of carbonyl (C=O) groups is 2. The number of nitrogens with zero attached hydrogens (tertiary/aromatic N) is 1. The van der Waals surface area contributed by atoms with Gasteiger partial charge in [-0.2, -0.15) is 0 Å². The Bertz CT molecular complexity index is 680. The molecule has 0 bridgehead atoms. The number of likely N-dealkylation sites (tertiary alicyclic amines) is 1. The average Bonchev–Trinajstić information content (AvgIpc) is 2.86. The molecule has 1 saturated heterocycles. The molecule has 3 rings (SSSR count). The minimum atomic E-state index is -0.486. The number of amides is 2. The zero-order chi connectivity index (χ0) is 18.2. The maximum Gasteiger partial charge on any atom is 0.410 e. The molecule has 0 spiro atoms. The summed E-state index contributed by atoms with van der Waals surface area (Å²) in [6, 6.07) is 5.64. The standard InChI is InChI=1S/C19H26N2O4/c1-12-9-15(7-8-21(12)18(23)25-19(2,3)4)24-14-5-6-16-13(10-14)11-20-17(16)22/h5-6,10,12,15H,7-9,11H2,1-4H3,(H,20,22)/t12-,15-/m0/s1. The van der Waals surface area contributed by atoms with E-state index in [4.69, 9.17) is 9.47 Å². The van der Waals surface area contributed by atoms with Crippen LogP contribution in [0.4, 0.5) is 4.79 Å². The Kier molecular flexibility index (Phi) is 4.62. The summed E-state index contributed by atoms with van der Waals surface area (Å²) in [6.45, 7) is 8.81. The third-order valence-electron chi connectivity index (χ3n) is 4.52. The molecule has 2 aliphatic heterocycles. The second-order valence-electron chi connectivity index (χ2n) is 7.79. The van der Waals surface area contributed by atoms with Crippen LogP contribution in [0.2, 0.25) is 0 Å². The van der Waals surface area contributed by atoms with E-state index < -0.39 is 5.60 Å². The summed E-state index contributed by atoms with van der Waals surface area (Å²) in [4.78, 5) is 25.7. The van der Waals surface area contributed by atoms with Crippen molar-refractivity contribution in [1.82, 2.24) is 10.2 Å². The first kappa shape index (κ1) is 17.6. The first-order valence-corrected chi connectivity index (χ1v) is 8.80. The molecule has 2 heterocycles. The number of piperidine rings is 1. The number of nitrogens with one attached hydrogen (secondary N) is 1. The van der Waals surface area contributed by atoms with Gasteiger partial charge in [-0.15, -0.1) is 0 Å². The Balaban J connectivity index is 1.58. The van der Waals surface area contributed by atoms with Crippen LogP contribution in [-0.4, -0.2) is 41.2 Å². The summed E-state index contributed by atoms with van der Waals surface area (Å²) in [5.74, 6) is 0.749. The number of fused-ring (bicyclic) bond motifs is 1. The molecule has 25 heavy (non-hydrogen) atoms. The fraction of sp³-hybridized carbons (Fsp3) is 0.579. The fourth-order valence-electron chi connectivity index (χ4n) is 3.30. The van der Waals surface area contributed by atoms with Crippen molar-refractivity contribution in [2.24, 2.45) is 0 Å². The summed E-state index contributed by atoms with van der Waals surface area (Å²) in [7, 11) is 0. The van der Waals surface area contributed by atoms with Crippen LogP contribution in [0.25, 0.3) is 0 Å². The van der Waals surface area contributed by atoms with Crippen molar-refractivity contribution in [3.63, 3.8) is 0 Å². The third kappa shape index (κ3) is 4.06. The molecule has 0 radical (unpaired) electrons. The zero-order valence-electron chi connectivity index (χ0n) is 15.3. The Morgan fingerprint density at radius 3 is 2.76 bits per heavy atom. The van der Waals surface area contributed by atoms with E-state index in [1.54, 1.807) is 4.90 Å². The molecule has 1 N–H and O–H groups in total. The van der Waals surface area contributed by atoms with E-state index in [0.717, 1.165) is 29.7 Å². The van der Waals surface area contributed by atoms with E-state index in [0.29, 0.717) is 13.1 Å². The summed E-state index contributed by atoms with van der Waals surface area (Å²) in [6.07, 6.45) is 1.31. The van der Waals surface area contributed by atoms with E-state index in [1.807, 2.05) is 45.9 Å². The molecule has 2 atom stereocenters. The highest BCUT2D eigenvalue weighted by Gasteiger charge is 2.32. The number of hydrogen-bond acceptors (Lipinski definition) is 4. The molecule has 0 aliphatic carbocycles. The van der Waals surface area contributed by atoms with Gasteiger partial charge in [0.15, 0.2) is 0 Å². The van der Waals surface area contributed by atoms with Crippen LogP contribution < -0.4 is 10.1 Å². The summed E-state index contributed by atoms with van der Waals surface area (Å²) >= 11 is 0. The molecule has 2 amide bonds. The summed E-state index contributed by atoms with van der Waals surface area (Å²) in [5, 5.41) is 2.81. The number of carbonyl (C=O) groups excluding carboxylic acids is 2. The van der Waals surface area contributed by atoms with Gasteiger partial charge in [-0.3, -0.25) is 4.79 Å². The van der Waals surface area contributed by atoms with E-state index in [1.165, 1.54) is 0 Å². The molecule has 136 valence electrons. The van der Waals surface area contributed by atoms with E-state index >= 15 is 0 Å². The largest absolute Gasteiger partial charge is 0.490 e. The monoisotopic (exact) mass is 346 g/mol. The van der Waals surface area contributed by atoms with Crippen LogP contribution in [-0.2, 0) is 11.3 Å². The molecule has 1 fully saturated rings. The van der Waals surface area contributed by atoms with Crippen molar-refractivity contribution >= 4 is 12.0 Å². The van der Waals surface area contributed by atoms with Crippen molar-refractivity contribution in [3.05, 3.63) is 29.3 Å². The number of hydrogen-bond donors (Lipinski definition) is 1. The van der Waals surface area contributed by atoms with Gasteiger partial charge in [0.2, 0.25) is 0 Å². The van der Waals surface area contributed by atoms with Gasteiger partial charge in [0.05, 0.1) is 0 Å². The lowest BCUT2D eigenvalue weighted by molar-refractivity contribution is -0.00103. The third-order valence-corrected chi connectivity index (χ3v) is 4.52. The van der Waals surface area contributed by atoms with Crippen LogP contribution in [0.5, 0.6) is 5.75 Å². The normalized spacial score (nSPS) is 23.0. The fourth-order valence-corrected chi connectivity index (χ4v) is 3.30. The molecule has 1 aromatic rings. The number of ether oxygens (including phenoxy) is 2. The predicted octanol–water partition coefficient (Wildman–Crippen LogP) is 3.10. The lowest BCUT2D eigenvalue weighted by atomic mass is 10.0. The van der Waals surface area contributed by atoms with Gasteiger partial charge >= 0.3 is 6.09 Å². The minimum Gasteiger partial charge on any atom is -0.490 e. The molecular formula is C19H26N2O4. The van der Waals surface area contributed by atoms with Crippen molar-refractivity contribution in [3.8, 4) is 5.75 Å². The lowest BCUT2D eigenvalue weighted by Crippen LogP contribution is -2.49. The Hall–Kier alpha value is -2.24. The summed E-state index contributed by atoms with van der Waals surface area (Å²) < 4.78 is 11.6. The van der Waals surface area contributed by atoms with Crippen molar-refractivity contribution in [2.75, 3.05) is 6.54 Å². The minimum absolute atomic E-state index is 0.0270. The zero-order valence-corrected chi connectivity index (χ0v) is 15.3. The summed E-state index contributed by atoms with van der Waals surface area (Å²) in [5.41, 5.74) is 1.21. The van der Waals surface area contributed by atoms with Crippen molar-refractivity contribution in [1.29, 1.82) is 0 Å². The van der Waals surface area contributed by atoms with Crippen LogP contribution in [0, 0.1) is 0 Å². The highest BCUT2D eigenvalue weighted by atomic mass is 16.6. The maximum absolute atomic E-state index is 12.3. The smallest absolute Gasteiger partial charge is 0.410 e. The highest BCUT2D eigenvalue weighted by molar-refractivity contribution is 5.98. The lowest BCUT2D eigenvalue weighted by Gasteiger charge is -2.38. The molecule has 0 unspecified atom stereocenters. The average molecular weight is 346 g/mol. The van der Waals surface area contributed by atoms with Crippen molar-refractivity contribution in [2.45, 2.75) is 64.8 Å². The van der Waals surface area contributed by atoms with Crippen LogP contribution in [0.15, 0.2) is 18.2 Å².